The van der Waals surface area contributed by atoms with Crippen LogP contribution in [0.25, 0.3) is 0 Å². The highest BCUT2D eigenvalue weighted by atomic mass is 16.5. The lowest BCUT2D eigenvalue weighted by atomic mass is 9.99. The highest BCUT2D eigenvalue weighted by molar-refractivity contribution is 5.30. The van der Waals surface area contributed by atoms with Crippen LogP contribution in [0.15, 0.2) is 28.8 Å². The molecule has 1 aliphatic rings. The number of hydrogen-bond acceptors (Lipinski definition) is 6. The summed E-state index contributed by atoms with van der Waals surface area (Å²) in [6.45, 7) is 0.991. The zero-order valence-electron chi connectivity index (χ0n) is 11.9. The molecule has 6 nitrogen and oxygen atoms in total. The Morgan fingerprint density at radius 1 is 1.43 bits per heavy atom. The molecule has 0 amide bonds. The lowest BCUT2D eigenvalue weighted by Gasteiger charge is -2.24. The summed E-state index contributed by atoms with van der Waals surface area (Å²) in [6, 6.07) is 7.74. The second-order valence-corrected chi connectivity index (χ2v) is 5.11. The first-order valence-electron chi connectivity index (χ1n) is 6.97. The summed E-state index contributed by atoms with van der Waals surface area (Å²) in [7, 11) is 1.63. The van der Waals surface area contributed by atoms with Crippen molar-refractivity contribution < 1.29 is 19.1 Å². The van der Waals surface area contributed by atoms with E-state index in [0.29, 0.717) is 37.8 Å². The highest BCUT2D eigenvalue weighted by Gasteiger charge is 2.30. The smallest absolute Gasteiger partial charge is 0.234 e. The van der Waals surface area contributed by atoms with E-state index in [4.69, 9.17) is 14.0 Å². The molecule has 2 atom stereocenters. The van der Waals surface area contributed by atoms with Crippen molar-refractivity contribution in [3.63, 3.8) is 0 Å². The molecular formula is C15H18N2O4. The lowest BCUT2D eigenvalue weighted by molar-refractivity contribution is -0.0149. The van der Waals surface area contributed by atoms with Gasteiger partial charge < -0.3 is 19.1 Å². The van der Waals surface area contributed by atoms with Gasteiger partial charge in [0.2, 0.25) is 5.89 Å². The van der Waals surface area contributed by atoms with Crippen molar-refractivity contribution in [3.8, 4) is 5.75 Å². The van der Waals surface area contributed by atoms with Crippen molar-refractivity contribution in [2.24, 2.45) is 0 Å². The lowest BCUT2D eigenvalue weighted by Crippen LogP contribution is -2.30. The average molecular weight is 290 g/mol. The molecule has 0 radical (unpaired) electrons. The number of methoxy groups -OCH3 is 1. The first-order valence-corrected chi connectivity index (χ1v) is 6.97. The SMILES string of the molecule is COc1cccc(Cc2noc(C3COCCC3O)n2)c1. The molecule has 3 rings (SSSR count). The van der Waals surface area contributed by atoms with Crippen LogP contribution in [-0.4, -0.2) is 41.7 Å². The summed E-state index contributed by atoms with van der Waals surface area (Å²) in [5.41, 5.74) is 1.04. The van der Waals surface area contributed by atoms with Crippen LogP contribution in [0.2, 0.25) is 0 Å². The van der Waals surface area contributed by atoms with E-state index in [1.807, 2.05) is 24.3 Å². The molecular weight excluding hydrogens is 272 g/mol. The monoisotopic (exact) mass is 290 g/mol. The number of aliphatic hydroxyl groups excluding tert-OH is 1. The van der Waals surface area contributed by atoms with E-state index in [2.05, 4.69) is 10.1 Å². The average Bonchev–Trinajstić information content (AvgIpc) is 2.96. The van der Waals surface area contributed by atoms with Gasteiger partial charge in [0.25, 0.3) is 0 Å². The van der Waals surface area contributed by atoms with Crippen LogP contribution in [0.5, 0.6) is 5.75 Å². The van der Waals surface area contributed by atoms with Gasteiger partial charge in [0.15, 0.2) is 5.82 Å². The molecule has 1 fully saturated rings. The van der Waals surface area contributed by atoms with Crippen molar-refractivity contribution >= 4 is 0 Å². The van der Waals surface area contributed by atoms with Crippen LogP contribution in [0, 0.1) is 0 Å². The Morgan fingerprint density at radius 3 is 3.14 bits per heavy atom. The fraction of sp³-hybridized carbons (Fsp3) is 0.467. The van der Waals surface area contributed by atoms with Crippen LogP contribution < -0.4 is 4.74 Å². The number of benzene rings is 1. The Labute approximate surface area is 122 Å². The fourth-order valence-electron chi connectivity index (χ4n) is 2.42. The summed E-state index contributed by atoms with van der Waals surface area (Å²) in [4.78, 5) is 4.38. The van der Waals surface area contributed by atoms with Gasteiger partial charge in [-0.05, 0) is 24.1 Å². The zero-order chi connectivity index (χ0) is 14.7. The van der Waals surface area contributed by atoms with Gasteiger partial charge in [-0.3, -0.25) is 0 Å². The molecule has 21 heavy (non-hydrogen) atoms. The first-order chi connectivity index (χ1) is 10.3. The molecule has 112 valence electrons. The normalized spacial score (nSPS) is 22.2. The maximum Gasteiger partial charge on any atom is 0.234 e. The standard InChI is InChI=1S/C15H18N2O4/c1-19-11-4-2-3-10(7-11)8-14-16-15(21-17-14)12-9-20-6-5-13(12)18/h2-4,7,12-13,18H,5-6,8-9H2,1H3. The molecule has 1 aliphatic heterocycles. The molecule has 0 spiro atoms. The first kappa shape index (κ1) is 14.0. The Morgan fingerprint density at radius 2 is 2.33 bits per heavy atom. The van der Waals surface area contributed by atoms with Gasteiger partial charge in [0, 0.05) is 13.0 Å². The minimum absolute atomic E-state index is 0.231. The third kappa shape index (κ3) is 3.22. The molecule has 1 saturated heterocycles. The predicted molar refractivity (Wildman–Crippen MR) is 74.3 cm³/mol. The van der Waals surface area contributed by atoms with Crippen LogP contribution in [0.3, 0.4) is 0 Å². The van der Waals surface area contributed by atoms with E-state index in [1.165, 1.54) is 0 Å². The topological polar surface area (TPSA) is 77.6 Å². The predicted octanol–water partition coefficient (Wildman–Crippen LogP) is 1.53. The Hall–Kier alpha value is -1.92. The number of aliphatic hydroxyl groups is 1. The van der Waals surface area contributed by atoms with E-state index in [1.54, 1.807) is 7.11 Å². The van der Waals surface area contributed by atoms with E-state index < -0.39 is 6.10 Å². The molecule has 6 heteroatoms. The molecule has 1 N–H and O–H groups in total. The summed E-state index contributed by atoms with van der Waals surface area (Å²) < 4.78 is 15.8. The van der Waals surface area contributed by atoms with Crippen LogP contribution in [-0.2, 0) is 11.2 Å². The second-order valence-electron chi connectivity index (χ2n) is 5.11. The summed E-state index contributed by atoms with van der Waals surface area (Å²) in [5.74, 6) is 1.61. The van der Waals surface area contributed by atoms with Gasteiger partial charge in [-0.2, -0.15) is 4.98 Å². The number of rotatable bonds is 4. The Bertz CT molecular complexity index is 599. The number of hydrogen-bond donors (Lipinski definition) is 1. The third-order valence-electron chi connectivity index (χ3n) is 3.62. The zero-order valence-corrected chi connectivity index (χ0v) is 11.9. The number of nitrogens with zero attached hydrogens (tertiary/aromatic N) is 2. The molecule has 1 aromatic carbocycles. The molecule has 0 aliphatic carbocycles. The molecule has 2 unspecified atom stereocenters. The molecule has 1 aromatic heterocycles. The minimum Gasteiger partial charge on any atom is -0.497 e. The van der Waals surface area contributed by atoms with Crippen LogP contribution in [0.4, 0.5) is 0 Å². The van der Waals surface area contributed by atoms with Crippen molar-refractivity contribution in [2.75, 3.05) is 20.3 Å². The quantitative estimate of drug-likeness (QED) is 0.920. The summed E-state index contributed by atoms with van der Waals surface area (Å²) in [5, 5.41) is 13.9. The second kappa shape index (κ2) is 6.24. The molecule has 2 heterocycles. The highest BCUT2D eigenvalue weighted by Crippen LogP contribution is 2.25. The van der Waals surface area contributed by atoms with Crippen LogP contribution in [0.1, 0.15) is 29.6 Å². The van der Waals surface area contributed by atoms with E-state index in [0.717, 1.165) is 11.3 Å². The van der Waals surface area contributed by atoms with E-state index in [9.17, 15) is 5.11 Å². The Balaban J connectivity index is 1.72. The number of ether oxygens (including phenoxy) is 2. The third-order valence-corrected chi connectivity index (χ3v) is 3.62. The molecule has 0 saturated carbocycles. The van der Waals surface area contributed by atoms with E-state index >= 15 is 0 Å². The fourth-order valence-corrected chi connectivity index (χ4v) is 2.42. The minimum atomic E-state index is -0.483. The largest absolute Gasteiger partial charge is 0.497 e. The maximum absolute atomic E-state index is 9.97. The molecule has 2 aromatic rings. The molecule has 0 bridgehead atoms. The van der Waals surface area contributed by atoms with Gasteiger partial charge in [0.1, 0.15) is 5.75 Å². The summed E-state index contributed by atoms with van der Waals surface area (Å²) >= 11 is 0. The maximum atomic E-state index is 9.97. The van der Waals surface area contributed by atoms with Gasteiger partial charge in [-0.15, -0.1) is 0 Å². The summed E-state index contributed by atoms with van der Waals surface area (Å²) in [6.07, 6.45) is 0.673. The van der Waals surface area contributed by atoms with Crippen molar-refractivity contribution in [1.82, 2.24) is 10.1 Å². The van der Waals surface area contributed by atoms with Crippen molar-refractivity contribution in [1.29, 1.82) is 0 Å². The van der Waals surface area contributed by atoms with Crippen molar-refractivity contribution in [3.05, 3.63) is 41.5 Å². The van der Waals surface area contributed by atoms with Crippen molar-refractivity contribution in [2.45, 2.75) is 24.9 Å². The van der Waals surface area contributed by atoms with Crippen LogP contribution >= 0.6 is 0 Å². The number of aromatic nitrogens is 2. The Kier molecular flexibility index (Phi) is 4.17. The van der Waals surface area contributed by atoms with Gasteiger partial charge in [-0.1, -0.05) is 17.3 Å². The van der Waals surface area contributed by atoms with Gasteiger partial charge in [0.05, 0.1) is 25.7 Å². The van der Waals surface area contributed by atoms with Gasteiger partial charge >= 0.3 is 0 Å². The van der Waals surface area contributed by atoms with Gasteiger partial charge in [-0.25, -0.2) is 0 Å². The van der Waals surface area contributed by atoms with E-state index in [-0.39, 0.29) is 5.92 Å².